The second kappa shape index (κ2) is 7.93. The van der Waals surface area contributed by atoms with E-state index in [9.17, 15) is 9.59 Å². The molecule has 0 atom stereocenters. The van der Waals surface area contributed by atoms with E-state index in [0.717, 1.165) is 61.8 Å². The molecule has 21 heavy (non-hydrogen) atoms. The summed E-state index contributed by atoms with van der Waals surface area (Å²) in [6, 6.07) is 0. The predicted octanol–water partition coefficient (Wildman–Crippen LogP) is 0.436. The second-order valence-corrected chi connectivity index (χ2v) is 5.54. The Balaban J connectivity index is 1.91. The Kier molecular flexibility index (Phi) is 5.92. The maximum absolute atomic E-state index is 11.9. The molecule has 6 heteroatoms. The lowest BCUT2D eigenvalue weighted by Crippen LogP contribution is -2.29. The summed E-state index contributed by atoms with van der Waals surface area (Å²) < 4.78 is 0. The summed E-state index contributed by atoms with van der Waals surface area (Å²) in [5.74, 6) is -0.0323. The second-order valence-electron chi connectivity index (χ2n) is 5.54. The zero-order valence-electron chi connectivity index (χ0n) is 12.4. The molecule has 0 fully saturated rings. The normalized spacial score (nSPS) is 13.8. The minimum absolute atomic E-state index is 0.0323. The van der Waals surface area contributed by atoms with E-state index in [-0.39, 0.29) is 17.9 Å². The third kappa shape index (κ3) is 4.39. The molecule has 1 aliphatic carbocycles. The average Bonchev–Trinajstić information content (AvgIpc) is 2.50. The van der Waals surface area contributed by atoms with Crippen molar-refractivity contribution in [2.45, 2.75) is 51.4 Å². The Bertz CT molecular complexity index is 539. The van der Waals surface area contributed by atoms with Crippen LogP contribution in [-0.2, 0) is 24.1 Å². The number of amides is 1. The van der Waals surface area contributed by atoms with Crippen molar-refractivity contribution < 1.29 is 4.79 Å². The first kappa shape index (κ1) is 15.7. The van der Waals surface area contributed by atoms with Gasteiger partial charge >= 0.3 is 0 Å². The molecule has 116 valence electrons. The molecule has 0 saturated carbocycles. The number of carbonyl (C=O) groups excluding carboxylic acids is 1. The summed E-state index contributed by atoms with van der Waals surface area (Å²) in [6.07, 6.45) is 6.95. The smallest absolute Gasteiger partial charge is 0.267 e. The van der Waals surface area contributed by atoms with E-state index >= 15 is 0 Å². The maximum Gasteiger partial charge on any atom is 0.267 e. The fourth-order valence-electron chi connectivity index (χ4n) is 2.76. The zero-order chi connectivity index (χ0) is 15.1. The van der Waals surface area contributed by atoms with Gasteiger partial charge in [0, 0.05) is 12.1 Å². The average molecular weight is 292 g/mol. The summed E-state index contributed by atoms with van der Waals surface area (Å²) in [7, 11) is 0. The summed E-state index contributed by atoms with van der Waals surface area (Å²) in [5, 5.41) is 9.49. The number of rotatable bonds is 7. The van der Waals surface area contributed by atoms with E-state index in [1.807, 2.05) is 0 Å². The van der Waals surface area contributed by atoms with Crippen LogP contribution >= 0.6 is 0 Å². The van der Waals surface area contributed by atoms with Gasteiger partial charge in [0.1, 0.15) is 0 Å². The van der Waals surface area contributed by atoms with Gasteiger partial charge in [-0.2, -0.15) is 5.10 Å². The number of carbonyl (C=O) groups is 1. The predicted molar refractivity (Wildman–Crippen MR) is 81.1 cm³/mol. The van der Waals surface area contributed by atoms with Crippen LogP contribution in [0, 0.1) is 0 Å². The van der Waals surface area contributed by atoms with Gasteiger partial charge in [0.25, 0.3) is 5.56 Å². The Morgan fingerprint density at radius 2 is 1.95 bits per heavy atom. The first-order chi connectivity index (χ1) is 10.2. The molecule has 0 unspecified atom stereocenters. The monoisotopic (exact) mass is 292 g/mol. The lowest BCUT2D eigenvalue weighted by atomic mass is 9.91. The van der Waals surface area contributed by atoms with Crippen molar-refractivity contribution in [1.82, 2.24) is 15.5 Å². The van der Waals surface area contributed by atoms with E-state index in [1.54, 1.807) is 0 Å². The Hall–Kier alpha value is -1.69. The van der Waals surface area contributed by atoms with Crippen LogP contribution in [0.5, 0.6) is 0 Å². The topological polar surface area (TPSA) is 101 Å². The van der Waals surface area contributed by atoms with Gasteiger partial charge < -0.3 is 11.1 Å². The molecule has 0 radical (unpaired) electrons. The highest BCUT2D eigenvalue weighted by Crippen LogP contribution is 2.20. The molecule has 0 saturated heterocycles. The highest BCUT2D eigenvalue weighted by atomic mass is 16.1. The van der Waals surface area contributed by atoms with Crippen LogP contribution in [0.4, 0.5) is 0 Å². The molecule has 1 aliphatic rings. The molecule has 2 rings (SSSR count). The number of aromatic nitrogens is 2. The van der Waals surface area contributed by atoms with Crippen molar-refractivity contribution in [1.29, 1.82) is 0 Å². The van der Waals surface area contributed by atoms with Gasteiger partial charge in [-0.05, 0) is 50.6 Å². The highest BCUT2D eigenvalue weighted by molar-refractivity contribution is 5.78. The number of H-pyrrole nitrogens is 1. The van der Waals surface area contributed by atoms with Crippen LogP contribution in [0.3, 0.4) is 0 Å². The van der Waals surface area contributed by atoms with Crippen molar-refractivity contribution in [3.8, 4) is 0 Å². The number of aromatic amines is 1. The van der Waals surface area contributed by atoms with Gasteiger partial charge in [0.15, 0.2) is 0 Å². The molecule has 4 N–H and O–H groups in total. The number of nitrogens with zero attached hydrogens (tertiary/aromatic N) is 1. The van der Waals surface area contributed by atoms with Gasteiger partial charge in [-0.15, -0.1) is 0 Å². The molecular weight excluding hydrogens is 268 g/mol. The first-order valence-electron chi connectivity index (χ1n) is 7.78. The molecule has 0 spiro atoms. The summed E-state index contributed by atoms with van der Waals surface area (Å²) >= 11 is 0. The van der Waals surface area contributed by atoms with Crippen LogP contribution in [0.2, 0.25) is 0 Å². The van der Waals surface area contributed by atoms with Crippen LogP contribution in [0.1, 0.15) is 48.9 Å². The van der Waals surface area contributed by atoms with Gasteiger partial charge in [-0.1, -0.05) is 6.42 Å². The lowest BCUT2D eigenvalue weighted by molar-refractivity contribution is -0.120. The largest absolute Gasteiger partial charge is 0.356 e. The third-order valence-corrected chi connectivity index (χ3v) is 3.91. The molecular formula is C15H24N4O2. The van der Waals surface area contributed by atoms with Crippen molar-refractivity contribution in [2.75, 3.05) is 13.1 Å². The molecule has 0 bridgehead atoms. The van der Waals surface area contributed by atoms with Crippen LogP contribution in [0.25, 0.3) is 0 Å². The minimum Gasteiger partial charge on any atom is -0.356 e. The van der Waals surface area contributed by atoms with Crippen molar-refractivity contribution in [3.05, 3.63) is 27.2 Å². The van der Waals surface area contributed by atoms with E-state index in [4.69, 9.17) is 5.73 Å². The standard InChI is InChI=1S/C15H24N4O2/c16-8-4-1-5-9-17-14(20)10-13-11-6-2-3-7-12(11)15(21)19-18-13/h1-10,16H2,(H,17,20)(H,19,21). The van der Waals surface area contributed by atoms with E-state index in [0.29, 0.717) is 13.1 Å². The Morgan fingerprint density at radius 3 is 2.71 bits per heavy atom. The van der Waals surface area contributed by atoms with Crippen molar-refractivity contribution in [2.24, 2.45) is 5.73 Å². The molecule has 1 heterocycles. The summed E-state index contributed by atoms with van der Waals surface area (Å²) in [5.41, 5.74) is 7.86. The van der Waals surface area contributed by atoms with Gasteiger partial charge in [-0.3, -0.25) is 9.59 Å². The SMILES string of the molecule is NCCCCCNC(=O)Cc1n[nH]c(=O)c2c1CCCC2. The van der Waals surface area contributed by atoms with Crippen molar-refractivity contribution >= 4 is 5.91 Å². The molecule has 0 aliphatic heterocycles. The molecule has 1 aromatic rings. The van der Waals surface area contributed by atoms with Gasteiger partial charge in [0.2, 0.25) is 5.91 Å². The number of nitrogens with two attached hydrogens (primary N) is 1. The van der Waals surface area contributed by atoms with E-state index < -0.39 is 0 Å². The molecule has 0 aromatic carbocycles. The lowest BCUT2D eigenvalue weighted by Gasteiger charge is -2.17. The number of fused-ring (bicyclic) bond motifs is 1. The zero-order valence-corrected chi connectivity index (χ0v) is 12.4. The van der Waals surface area contributed by atoms with Crippen LogP contribution in [-0.4, -0.2) is 29.2 Å². The molecule has 1 amide bonds. The fourth-order valence-corrected chi connectivity index (χ4v) is 2.76. The van der Waals surface area contributed by atoms with Crippen molar-refractivity contribution in [3.63, 3.8) is 0 Å². The Morgan fingerprint density at radius 1 is 1.19 bits per heavy atom. The highest BCUT2D eigenvalue weighted by Gasteiger charge is 2.19. The van der Waals surface area contributed by atoms with E-state index in [1.165, 1.54) is 0 Å². The summed E-state index contributed by atoms with van der Waals surface area (Å²) in [6.45, 7) is 1.37. The summed E-state index contributed by atoms with van der Waals surface area (Å²) in [4.78, 5) is 23.7. The van der Waals surface area contributed by atoms with Gasteiger partial charge in [0.05, 0.1) is 12.1 Å². The van der Waals surface area contributed by atoms with Crippen LogP contribution in [0.15, 0.2) is 4.79 Å². The Labute approximate surface area is 124 Å². The maximum atomic E-state index is 11.9. The molecule has 1 aromatic heterocycles. The van der Waals surface area contributed by atoms with Crippen LogP contribution < -0.4 is 16.6 Å². The number of nitrogens with one attached hydrogen (secondary N) is 2. The number of hydrogen-bond donors (Lipinski definition) is 3. The number of hydrogen-bond acceptors (Lipinski definition) is 4. The quantitative estimate of drug-likeness (QED) is 0.635. The third-order valence-electron chi connectivity index (χ3n) is 3.91. The number of unbranched alkanes of at least 4 members (excludes halogenated alkanes) is 2. The first-order valence-corrected chi connectivity index (χ1v) is 7.78. The van der Waals surface area contributed by atoms with Gasteiger partial charge in [-0.25, -0.2) is 5.10 Å². The fraction of sp³-hybridized carbons (Fsp3) is 0.667. The minimum atomic E-state index is -0.101. The molecule has 6 nitrogen and oxygen atoms in total. The van der Waals surface area contributed by atoms with E-state index in [2.05, 4.69) is 15.5 Å².